The first-order chi connectivity index (χ1) is 12.8. The van der Waals surface area contributed by atoms with E-state index >= 15 is 0 Å². The SMILES string of the molecule is CCCc1nnc(COC)n1Cc1ccc(-c2ccccc2C#N)cc1. The Morgan fingerprint density at radius 1 is 1.04 bits per heavy atom. The van der Waals surface area contributed by atoms with Crippen molar-refractivity contribution < 1.29 is 4.74 Å². The lowest BCUT2D eigenvalue weighted by atomic mass is 9.99. The van der Waals surface area contributed by atoms with Crippen molar-refractivity contribution in [3.05, 3.63) is 71.3 Å². The van der Waals surface area contributed by atoms with Crippen LogP contribution in [0.15, 0.2) is 48.5 Å². The van der Waals surface area contributed by atoms with Crippen molar-refractivity contribution in [1.82, 2.24) is 14.8 Å². The van der Waals surface area contributed by atoms with Gasteiger partial charge in [-0.15, -0.1) is 10.2 Å². The zero-order valence-corrected chi connectivity index (χ0v) is 15.1. The Balaban J connectivity index is 1.86. The average Bonchev–Trinajstić information content (AvgIpc) is 3.04. The van der Waals surface area contributed by atoms with Crippen molar-refractivity contribution in [2.24, 2.45) is 0 Å². The summed E-state index contributed by atoms with van der Waals surface area (Å²) in [6.45, 7) is 3.29. The molecule has 0 bridgehead atoms. The van der Waals surface area contributed by atoms with Gasteiger partial charge in [-0.1, -0.05) is 49.4 Å². The highest BCUT2D eigenvalue weighted by Crippen LogP contribution is 2.24. The standard InChI is InChI=1S/C21H22N4O/c1-3-6-20-23-24-21(15-26-2)25(20)14-16-9-11-17(12-10-16)19-8-5-4-7-18(19)13-22/h4-5,7-12H,3,6,14-15H2,1-2H3. The lowest BCUT2D eigenvalue weighted by molar-refractivity contribution is 0.174. The number of methoxy groups -OCH3 is 1. The van der Waals surface area contributed by atoms with Gasteiger partial charge in [0.25, 0.3) is 0 Å². The summed E-state index contributed by atoms with van der Waals surface area (Å²) in [6, 6.07) is 18.2. The molecule has 1 aromatic heterocycles. The minimum absolute atomic E-state index is 0.449. The Bertz CT molecular complexity index is 883. The van der Waals surface area contributed by atoms with E-state index in [1.165, 1.54) is 0 Å². The zero-order valence-electron chi connectivity index (χ0n) is 15.1. The van der Waals surface area contributed by atoms with E-state index < -0.39 is 0 Å². The van der Waals surface area contributed by atoms with Gasteiger partial charge in [0, 0.05) is 13.5 Å². The Kier molecular flexibility index (Phi) is 5.77. The maximum atomic E-state index is 9.29. The van der Waals surface area contributed by atoms with Crippen LogP contribution in [0.1, 0.15) is 36.1 Å². The van der Waals surface area contributed by atoms with Crippen LogP contribution in [0, 0.1) is 11.3 Å². The molecule has 0 N–H and O–H groups in total. The molecule has 5 nitrogen and oxygen atoms in total. The fourth-order valence-electron chi connectivity index (χ4n) is 3.00. The topological polar surface area (TPSA) is 63.7 Å². The maximum Gasteiger partial charge on any atom is 0.159 e. The highest BCUT2D eigenvalue weighted by Gasteiger charge is 2.12. The molecule has 2 aromatic carbocycles. The molecule has 0 amide bonds. The van der Waals surface area contributed by atoms with Crippen LogP contribution in [-0.4, -0.2) is 21.9 Å². The molecule has 0 aliphatic rings. The van der Waals surface area contributed by atoms with E-state index in [4.69, 9.17) is 4.74 Å². The van der Waals surface area contributed by atoms with E-state index in [1.807, 2.05) is 24.3 Å². The lowest BCUT2D eigenvalue weighted by Crippen LogP contribution is -2.10. The van der Waals surface area contributed by atoms with Crippen LogP contribution >= 0.6 is 0 Å². The van der Waals surface area contributed by atoms with Crippen LogP contribution in [0.25, 0.3) is 11.1 Å². The monoisotopic (exact) mass is 346 g/mol. The Labute approximate surface area is 153 Å². The number of nitrogens with zero attached hydrogens (tertiary/aromatic N) is 4. The van der Waals surface area contributed by atoms with Crippen LogP contribution in [0.5, 0.6) is 0 Å². The van der Waals surface area contributed by atoms with Crippen molar-refractivity contribution in [1.29, 1.82) is 5.26 Å². The summed E-state index contributed by atoms with van der Waals surface area (Å²) < 4.78 is 7.38. The van der Waals surface area contributed by atoms with E-state index in [2.05, 4.69) is 52.0 Å². The van der Waals surface area contributed by atoms with Gasteiger partial charge in [-0.2, -0.15) is 5.26 Å². The van der Waals surface area contributed by atoms with Crippen molar-refractivity contribution >= 4 is 0 Å². The highest BCUT2D eigenvalue weighted by molar-refractivity contribution is 5.70. The summed E-state index contributed by atoms with van der Waals surface area (Å²) in [5, 5.41) is 17.9. The van der Waals surface area contributed by atoms with Gasteiger partial charge in [0.2, 0.25) is 0 Å². The van der Waals surface area contributed by atoms with E-state index in [1.54, 1.807) is 7.11 Å². The molecular formula is C21H22N4O. The second-order valence-electron chi connectivity index (χ2n) is 6.16. The predicted molar refractivity (Wildman–Crippen MR) is 100 cm³/mol. The molecule has 0 saturated heterocycles. The third kappa shape index (κ3) is 3.81. The van der Waals surface area contributed by atoms with Crippen LogP contribution in [-0.2, 0) is 24.3 Å². The molecule has 5 heteroatoms. The first-order valence-electron chi connectivity index (χ1n) is 8.75. The van der Waals surface area contributed by atoms with Gasteiger partial charge in [0.15, 0.2) is 5.82 Å². The number of hydrogen-bond donors (Lipinski definition) is 0. The number of aromatic nitrogens is 3. The molecule has 3 rings (SSSR count). The molecule has 0 radical (unpaired) electrons. The minimum Gasteiger partial charge on any atom is -0.377 e. The third-order valence-electron chi connectivity index (χ3n) is 4.30. The normalized spacial score (nSPS) is 10.7. The van der Waals surface area contributed by atoms with Crippen LogP contribution in [0.4, 0.5) is 0 Å². The molecule has 0 atom stereocenters. The number of rotatable bonds is 7. The smallest absolute Gasteiger partial charge is 0.159 e. The molecule has 0 aliphatic carbocycles. The maximum absolute atomic E-state index is 9.29. The van der Waals surface area contributed by atoms with E-state index in [-0.39, 0.29) is 0 Å². The van der Waals surface area contributed by atoms with Crippen LogP contribution in [0.3, 0.4) is 0 Å². The summed E-state index contributed by atoms with van der Waals surface area (Å²) in [7, 11) is 1.67. The molecule has 132 valence electrons. The Morgan fingerprint density at radius 2 is 1.77 bits per heavy atom. The second kappa shape index (κ2) is 8.41. The number of ether oxygens (including phenoxy) is 1. The molecule has 0 aliphatic heterocycles. The Morgan fingerprint density at radius 3 is 2.46 bits per heavy atom. The highest BCUT2D eigenvalue weighted by atomic mass is 16.5. The summed E-state index contributed by atoms with van der Waals surface area (Å²) in [5.74, 6) is 1.83. The van der Waals surface area contributed by atoms with Gasteiger partial charge in [0.1, 0.15) is 12.4 Å². The quantitative estimate of drug-likeness (QED) is 0.649. The van der Waals surface area contributed by atoms with Gasteiger partial charge in [-0.3, -0.25) is 0 Å². The number of aryl methyl sites for hydroxylation is 1. The first-order valence-corrected chi connectivity index (χ1v) is 8.75. The van der Waals surface area contributed by atoms with Gasteiger partial charge in [-0.25, -0.2) is 0 Å². The summed E-state index contributed by atoms with van der Waals surface area (Å²) in [4.78, 5) is 0. The average molecular weight is 346 g/mol. The zero-order chi connectivity index (χ0) is 18.4. The van der Waals surface area contributed by atoms with E-state index in [9.17, 15) is 5.26 Å². The second-order valence-corrected chi connectivity index (χ2v) is 6.16. The lowest BCUT2D eigenvalue weighted by Gasteiger charge is -2.11. The van der Waals surface area contributed by atoms with Crippen LogP contribution < -0.4 is 0 Å². The molecule has 1 heterocycles. The van der Waals surface area contributed by atoms with E-state index in [0.29, 0.717) is 18.7 Å². The fraction of sp³-hybridized carbons (Fsp3) is 0.286. The molecule has 26 heavy (non-hydrogen) atoms. The molecule has 0 fully saturated rings. The van der Waals surface area contributed by atoms with Gasteiger partial charge in [0.05, 0.1) is 18.2 Å². The van der Waals surface area contributed by atoms with Crippen LogP contribution in [0.2, 0.25) is 0 Å². The summed E-state index contributed by atoms with van der Waals surface area (Å²) in [5.41, 5.74) is 3.85. The van der Waals surface area contributed by atoms with Crippen molar-refractivity contribution in [2.45, 2.75) is 32.9 Å². The van der Waals surface area contributed by atoms with Crippen molar-refractivity contribution in [3.63, 3.8) is 0 Å². The van der Waals surface area contributed by atoms with Crippen molar-refractivity contribution in [2.75, 3.05) is 7.11 Å². The van der Waals surface area contributed by atoms with Gasteiger partial charge in [-0.05, 0) is 29.2 Å². The summed E-state index contributed by atoms with van der Waals surface area (Å²) in [6.07, 6.45) is 1.92. The molecular weight excluding hydrogens is 324 g/mol. The first kappa shape index (κ1) is 17.8. The molecule has 3 aromatic rings. The number of benzene rings is 2. The van der Waals surface area contributed by atoms with Gasteiger partial charge < -0.3 is 9.30 Å². The molecule has 0 unspecified atom stereocenters. The molecule has 0 spiro atoms. The Hall–Kier alpha value is -2.97. The number of hydrogen-bond acceptors (Lipinski definition) is 4. The third-order valence-corrected chi connectivity index (χ3v) is 4.30. The van der Waals surface area contributed by atoms with Crippen molar-refractivity contribution in [3.8, 4) is 17.2 Å². The minimum atomic E-state index is 0.449. The fourth-order valence-corrected chi connectivity index (χ4v) is 3.00. The van der Waals surface area contributed by atoms with E-state index in [0.717, 1.165) is 41.2 Å². The largest absolute Gasteiger partial charge is 0.377 e. The molecule has 0 saturated carbocycles. The van der Waals surface area contributed by atoms with Gasteiger partial charge >= 0.3 is 0 Å². The number of nitriles is 1. The predicted octanol–water partition coefficient (Wildman–Crippen LogP) is 3.96. The summed E-state index contributed by atoms with van der Waals surface area (Å²) >= 11 is 0.